The van der Waals surface area contributed by atoms with Gasteiger partial charge in [0, 0.05) is 50.8 Å². The van der Waals surface area contributed by atoms with Crippen LogP contribution in [0.25, 0.3) is 0 Å². The summed E-state index contributed by atoms with van der Waals surface area (Å²) in [5.74, 6) is 0.201. The van der Waals surface area contributed by atoms with E-state index >= 15 is 0 Å². The lowest BCUT2D eigenvalue weighted by atomic mass is 10.2. The number of rotatable bonds is 2. The molecule has 1 amide bonds. The summed E-state index contributed by atoms with van der Waals surface area (Å²) in [5.41, 5.74) is 1.18. The summed E-state index contributed by atoms with van der Waals surface area (Å²) >= 11 is 0. The van der Waals surface area contributed by atoms with Crippen molar-refractivity contribution in [1.82, 2.24) is 14.8 Å². The van der Waals surface area contributed by atoms with Gasteiger partial charge in [-0.3, -0.25) is 14.7 Å². The number of hydrogen-bond acceptors (Lipinski definition) is 5. The highest BCUT2D eigenvalue weighted by atomic mass is 16.5. The second-order valence-electron chi connectivity index (χ2n) is 5.59. The van der Waals surface area contributed by atoms with E-state index in [0.29, 0.717) is 6.61 Å². The number of piperazine rings is 1. The van der Waals surface area contributed by atoms with Crippen LogP contribution in [0.4, 0.5) is 5.69 Å². The Bertz CT molecular complexity index is 474. The van der Waals surface area contributed by atoms with Crippen LogP contribution < -0.4 is 4.90 Å². The fraction of sp³-hybridized carbons (Fsp3) is 0.600. The van der Waals surface area contributed by atoms with Gasteiger partial charge in [-0.1, -0.05) is 0 Å². The van der Waals surface area contributed by atoms with E-state index in [0.717, 1.165) is 39.3 Å². The zero-order chi connectivity index (χ0) is 14.7. The highest BCUT2D eigenvalue weighted by Crippen LogP contribution is 2.16. The second-order valence-corrected chi connectivity index (χ2v) is 5.59. The molecule has 0 saturated carbocycles. The molecule has 3 rings (SSSR count). The molecule has 3 heterocycles. The van der Waals surface area contributed by atoms with Crippen molar-refractivity contribution < 1.29 is 9.53 Å². The highest BCUT2D eigenvalue weighted by Gasteiger charge is 2.32. The summed E-state index contributed by atoms with van der Waals surface area (Å²) in [6.45, 7) is 5.33. The van der Waals surface area contributed by atoms with E-state index in [4.69, 9.17) is 4.74 Å². The van der Waals surface area contributed by atoms with Crippen LogP contribution in [0.1, 0.15) is 0 Å². The fourth-order valence-electron chi connectivity index (χ4n) is 2.90. The molecule has 1 aromatic rings. The molecule has 6 nitrogen and oxygen atoms in total. The number of amides is 1. The predicted molar refractivity (Wildman–Crippen MR) is 80.3 cm³/mol. The summed E-state index contributed by atoms with van der Waals surface area (Å²) in [7, 11) is 2.00. The summed E-state index contributed by atoms with van der Waals surface area (Å²) < 4.78 is 5.45. The average Bonchev–Trinajstić information content (AvgIpc) is 2.56. The number of hydrogen-bond donors (Lipinski definition) is 0. The van der Waals surface area contributed by atoms with Crippen molar-refractivity contribution in [3.05, 3.63) is 24.5 Å². The minimum Gasteiger partial charge on any atom is -0.378 e. The standard InChI is InChI=1S/C15H22N4O2/c1-17-10-11-21-12-14(17)15(20)19-8-6-18(7-9-19)13-2-4-16-5-3-13/h2-5,14H,6-12H2,1H3/t14-/m0/s1. The molecule has 0 bridgehead atoms. The maximum atomic E-state index is 12.6. The Kier molecular flexibility index (Phi) is 4.36. The minimum absolute atomic E-state index is 0.119. The van der Waals surface area contributed by atoms with Gasteiger partial charge in [0.25, 0.3) is 0 Å². The summed E-state index contributed by atoms with van der Waals surface area (Å²) in [6.07, 6.45) is 3.61. The Balaban J connectivity index is 1.57. The largest absolute Gasteiger partial charge is 0.378 e. The lowest BCUT2D eigenvalue weighted by Gasteiger charge is -2.40. The first kappa shape index (κ1) is 14.3. The van der Waals surface area contributed by atoms with Crippen molar-refractivity contribution in [2.24, 2.45) is 0 Å². The topological polar surface area (TPSA) is 48.9 Å². The van der Waals surface area contributed by atoms with Crippen LogP contribution in [-0.2, 0) is 9.53 Å². The lowest BCUT2D eigenvalue weighted by Crippen LogP contribution is -2.57. The molecular formula is C15H22N4O2. The van der Waals surface area contributed by atoms with Gasteiger partial charge in [-0.05, 0) is 19.2 Å². The Hall–Kier alpha value is -1.66. The monoisotopic (exact) mass is 290 g/mol. The number of anilines is 1. The lowest BCUT2D eigenvalue weighted by molar-refractivity contribution is -0.142. The van der Waals surface area contributed by atoms with Crippen molar-refractivity contribution >= 4 is 11.6 Å². The van der Waals surface area contributed by atoms with Gasteiger partial charge in [0.05, 0.1) is 13.2 Å². The molecule has 0 aliphatic carbocycles. The van der Waals surface area contributed by atoms with Gasteiger partial charge in [-0.15, -0.1) is 0 Å². The van der Waals surface area contributed by atoms with Gasteiger partial charge in [0.15, 0.2) is 0 Å². The number of likely N-dealkylation sites (N-methyl/N-ethyl adjacent to an activating group) is 1. The van der Waals surface area contributed by atoms with Crippen LogP contribution >= 0.6 is 0 Å². The second kappa shape index (κ2) is 6.41. The Morgan fingerprint density at radius 3 is 2.57 bits per heavy atom. The number of nitrogens with zero attached hydrogens (tertiary/aromatic N) is 4. The van der Waals surface area contributed by atoms with Crippen LogP contribution in [0.2, 0.25) is 0 Å². The molecule has 6 heteroatoms. The van der Waals surface area contributed by atoms with Gasteiger partial charge in [0.1, 0.15) is 6.04 Å². The number of aromatic nitrogens is 1. The molecule has 21 heavy (non-hydrogen) atoms. The van der Waals surface area contributed by atoms with E-state index in [1.54, 1.807) is 12.4 Å². The average molecular weight is 290 g/mol. The van der Waals surface area contributed by atoms with Gasteiger partial charge in [-0.25, -0.2) is 0 Å². The SMILES string of the molecule is CN1CCOC[C@H]1C(=O)N1CCN(c2ccncc2)CC1. The Morgan fingerprint density at radius 2 is 1.90 bits per heavy atom. The van der Waals surface area contributed by atoms with Crippen LogP contribution in [0.15, 0.2) is 24.5 Å². The molecule has 114 valence electrons. The molecule has 2 fully saturated rings. The first-order valence-corrected chi connectivity index (χ1v) is 7.47. The third-order valence-electron chi connectivity index (χ3n) is 4.30. The van der Waals surface area contributed by atoms with Crippen molar-refractivity contribution in [3.8, 4) is 0 Å². The molecule has 1 aromatic heterocycles. The van der Waals surface area contributed by atoms with Crippen molar-refractivity contribution in [2.45, 2.75) is 6.04 Å². The van der Waals surface area contributed by atoms with Gasteiger partial charge in [0.2, 0.25) is 5.91 Å². The first-order valence-electron chi connectivity index (χ1n) is 7.47. The van der Waals surface area contributed by atoms with Gasteiger partial charge < -0.3 is 14.5 Å². The highest BCUT2D eigenvalue weighted by molar-refractivity contribution is 5.82. The minimum atomic E-state index is -0.119. The zero-order valence-corrected chi connectivity index (χ0v) is 12.4. The predicted octanol–water partition coefficient (Wildman–Crippen LogP) is 0.0608. The van der Waals surface area contributed by atoms with E-state index < -0.39 is 0 Å². The number of carbonyl (C=O) groups is 1. The molecule has 0 spiro atoms. The fourth-order valence-corrected chi connectivity index (χ4v) is 2.90. The molecule has 0 N–H and O–H groups in total. The number of pyridine rings is 1. The summed E-state index contributed by atoms with van der Waals surface area (Å²) in [5, 5.41) is 0. The number of morpholine rings is 1. The van der Waals surface area contributed by atoms with Crippen LogP contribution in [0.3, 0.4) is 0 Å². The number of carbonyl (C=O) groups excluding carboxylic acids is 1. The van der Waals surface area contributed by atoms with Crippen LogP contribution in [0, 0.1) is 0 Å². The quantitative estimate of drug-likeness (QED) is 0.771. The molecular weight excluding hydrogens is 268 g/mol. The normalized spacial score (nSPS) is 24.1. The summed E-state index contributed by atoms with van der Waals surface area (Å²) in [6, 6.07) is 3.91. The van der Waals surface area contributed by atoms with Crippen molar-refractivity contribution in [2.75, 3.05) is 57.9 Å². The van der Waals surface area contributed by atoms with E-state index in [1.165, 1.54) is 5.69 Å². The van der Waals surface area contributed by atoms with E-state index in [9.17, 15) is 4.79 Å². The summed E-state index contributed by atoms with van der Waals surface area (Å²) in [4.78, 5) is 23.0. The molecule has 2 aliphatic heterocycles. The third-order valence-corrected chi connectivity index (χ3v) is 4.30. The van der Waals surface area contributed by atoms with E-state index in [1.807, 2.05) is 24.1 Å². The number of ether oxygens (including phenoxy) is 1. The van der Waals surface area contributed by atoms with Crippen LogP contribution in [0.5, 0.6) is 0 Å². The molecule has 0 aromatic carbocycles. The van der Waals surface area contributed by atoms with Crippen molar-refractivity contribution in [1.29, 1.82) is 0 Å². The van der Waals surface area contributed by atoms with Gasteiger partial charge >= 0.3 is 0 Å². The molecule has 0 unspecified atom stereocenters. The van der Waals surface area contributed by atoms with E-state index in [-0.39, 0.29) is 11.9 Å². The zero-order valence-electron chi connectivity index (χ0n) is 12.4. The van der Waals surface area contributed by atoms with E-state index in [2.05, 4.69) is 14.8 Å². The van der Waals surface area contributed by atoms with Crippen molar-refractivity contribution in [3.63, 3.8) is 0 Å². The third kappa shape index (κ3) is 3.16. The van der Waals surface area contributed by atoms with Crippen LogP contribution in [-0.4, -0.2) is 79.7 Å². The first-order chi connectivity index (χ1) is 10.3. The maximum Gasteiger partial charge on any atom is 0.242 e. The smallest absolute Gasteiger partial charge is 0.242 e. The van der Waals surface area contributed by atoms with Gasteiger partial charge in [-0.2, -0.15) is 0 Å². The maximum absolute atomic E-state index is 12.6. The molecule has 1 atom stereocenters. The molecule has 2 saturated heterocycles. The Labute approximate surface area is 125 Å². The Morgan fingerprint density at radius 1 is 1.19 bits per heavy atom. The molecule has 2 aliphatic rings. The molecule has 0 radical (unpaired) electrons.